The number of ether oxygens (including phenoxy) is 2. The third-order valence-electron chi connectivity index (χ3n) is 4.22. The highest BCUT2D eigenvalue weighted by Gasteiger charge is 2.47. The van der Waals surface area contributed by atoms with E-state index < -0.39 is 5.97 Å². The molecule has 5 heteroatoms. The molecule has 102 valence electrons. The van der Waals surface area contributed by atoms with Crippen LogP contribution in [0.15, 0.2) is 0 Å². The molecular formula is C13H20O5. The monoisotopic (exact) mass is 256 g/mol. The van der Waals surface area contributed by atoms with Crippen molar-refractivity contribution in [3.05, 3.63) is 0 Å². The smallest absolute Gasteiger partial charge is 0.329 e. The number of carboxylic acid groups (broad SMARTS) is 1. The van der Waals surface area contributed by atoms with Crippen molar-refractivity contribution in [1.82, 2.24) is 0 Å². The average Bonchev–Trinajstić information content (AvgIpc) is 2.93. The van der Waals surface area contributed by atoms with E-state index in [9.17, 15) is 9.59 Å². The zero-order valence-corrected chi connectivity index (χ0v) is 10.4. The van der Waals surface area contributed by atoms with E-state index in [4.69, 9.17) is 14.6 Å². The summed E-state index contributed by atoms with van der Waals surface area (Å²) in [5.41, 5.74) is 0. The van der Waals surface area contributed by atoms with Crippen LogP contribution in [-0.4, -0.2) is 43.8 Å². The highest BCUT2D eigenvalue weighted by molar-refractivity contribution is 5.67. The maximum Gasteiger partial charge on any atom is 0.329 e. The summed E-state index contributed by atoms with van der Waals surface area (Å²) in [6, 6.07) is 0. The van der Waals surface area contributed by atoms with Crippen LogP contribution in [0.1, 0.15) is 19.3 Å². The molecule has 0 aromatic heterocycles. The molecule has 18 heavy (non-hydrogen) atoms. The first-order chi connectivity index (χ1) is 8.72. The van der Waals surface area contributed by atoms with E-state index in [1.54, 1.807) is 0 Å². The van der Waals surface area contributed by atoms with Gasteiger partial charge in [-0.2, -0.15) is 0 Å². The molecule has 0 saturated heterocycles. The van der Waals surface area contributed by atoms with Crippen LogP contribution >= 0.6 is 0 Å². The number of hydrogen-bond acceptors (Lipinski definition) is 4. The number of aliphatic carboxylic acids is 1. The quantitative estimate of drug-likeness (QED) is 0.517. The van der Waals surface area contributed by atoms with Crippen LogP contribution in [-0.2, 0) is 19.1 Å². The molecule has 2 bridgehead atoms. The molecule has 0 spiro atoms. The third kappa shape index (κ3) is 3.09. The Morgan fingerprint density at radius 1 is 1.22 bits per heavy atom. The van der Waals surface area contributed by atoms with E-state index in [0.29, 0.717) is 37.6 Å². The molecule has 5 nitrogen and oxygen atoms in total. The van der Waals surface area contributed by atoms with Crippen molar-refractivity contribution in [3.63, 3.8) is 0 Å². The van der Waals surface area contributed by atoms with Gasteiger partial charge in [0.25, 0.3) is 0 Å². The molecule has 0 amide bonds. The van der Waals surface area contributed by atoms with E-state index in [2.05, 4.69) is 0 Å². The summed E-state index contributed by atoms with van der Waals surface area (Å²) in [5, 5.41) is 8.38. The van der Waals surface area contributed by atoms with Gasteiger partial charge in [0.15, 0.2) is 0 Å². The second-order valence-electron chi connectivity index (χ2n) is 5.23. The Morgan fingerprint density at radius 2 is 1.94 bits per heavy atom. The lowest BCUT2D eigenvalue weighted by molar-refractivity contribution is -0.142. The Labute approximate surface area is 106 Å². The van der Waals surface area contributed by atoms with Gasteiger partial charge < -0.3 is 19.4 Å². The van der Waals surface area contributed by atoms with Crippen LogP contribution in [0.3, 0.4) is 0 Å². The molecule has 4 unspecified atom stereocenters. The van der Waals surface area contributed by atoms with Crippen LogP contribution in [0.5, 0.6) is 0 Å². The molecule has 0 aliphatic heterocycles. The van der Waals surface area contributed by atoms with E-state index in [0.717, 1.165) is 6.29 Å². The second kappa shape index (κ2) is 6.29. The van der Waals surface area contributed by atoms with Crippen LogP contribution in [0, 0.1) is 23.7 Å². The standard InChI is InChI=1S/C13H20O5/c14-6-11-9-1-2-10(5-9)12(11)7-17-3-4-18-8-13(15)16/h6,9-12H,1-5,7-8H2,(H,15,16). The summed E-state index contributed by atoms with van der Waals surface area (Å²) >= 11 is 0. The molecule has 0 heterocycles. The SMILES string of the molecule is O=CC1C2CCC(C2)C1COCCOCC(=O)O. The van der Waals surface area contributed by atoms with Crippen molar-refractivity contribution in [2.24, 2.45) is 23.7 Å². The van der Waals surface area contributed by atoms with Gasteiger partial charge in [-0.3, -0.25) is 0 Å². The number of rotatable bonds is 8. The number of carbonyl (C=O) groups is 2. The molecule has 2 rings (SSSR count). The Balaban J connectivity index is 1.61. The Bertz CT molecular complexity index is 304. The van der Waals surface area contributed by atoms with Gasteiger partial charge in [0.1, 0.15) is 12.9 Å². The molecular weight excluding hydrogens is 236 g/mol. The minimum atomic E-state index is -0.968. The number of carbonyl (C=O) groups excluding carboxylic acids is 1. The summed E-state index contributed by atoms with van der Waals surface area (Å²) in [6.07, 6.45) is 4.68. The summed E-state index contributed by atoms with van der Waals surface area (Å²) < 4.78 is 10.4. The predicted molar refractivity (Wildman–Crippen MR) is 63.1 cm³/mol. The summed E-state index contributed by atoms with van der Waals surface area (Å²) in [4.78, 5) is 21.3. The first-order valence-corrected chi connectivity index (χ1v) is 6.55. The Kier molecular flexibility index (Phi) is 4.72. The summed E-state index contributed by atoms with van der Waals surface area (Å²) in [6.45, 7) is 1.00. The van der Waals surface area contributed by atoms with E-state index >= 15 is 0 Å². The van der Waals surface area contributed by atoms with Crippen molar-refractivity contribution >= 4 is 12.3 Å². The van der Waals surface area contributed by atoms with Crippen LogP contribution in [0.4, 0.5) is 0 Å². The second-order valence-corrected chi connectivity index (χ2v) is 5.23. The van der Waals surface area contributed by atoms with Crippen molar-refractivity contribution in [3.8, 4) is 0 Å². The van der Waals surface area contributed by atoms with Gasteiger partial charge in [0.2, 0.25) is 0 Å². The van der Waals surface area contributed by atoms with Gasteiger partial charge in [0, 0.05) is 5.92 Å². The molecule has 2 saturated carbocycles. The molecule has 2 aliphatic rings. The molecule has 0 radical (unpaired) electrons. The fraction of sp³-hybridized carbons (Fsp3) is 0.846. The highest BCUT2D eigenvalue weighted by atomic mass is 16.5. The Morgan fingerprint density at radius 3 is 2.67 bits per heavy atom. The normalized spacial score (nSPS) is 33.8. The van der Waals surface area contributed by atoms with Crippen LogP contribution in [0.25, 0.3) is 0 Å². The summed E-state index contributed by atoms with van der Waals surface area (Å²) in [5.74, 6) is 0.781. The molecule has 2 fully saturated rings. The van der Waals surface area contributed by atoms with Gasteiger partial charge in [-0.25, -0.2) is 4.79 Å². The number of aldehydes is 1. The Hall–Kier alpha value is -0.940. The number of fused-ring (bicyclic) bond motifs is 2. The fourth-order valence-corrected chi connectivity index (χ4v) is 3.41. The lowest BCUT2D eigenvalue weighted by atomic mass is 9.81. The third-order valence-corrected chi connectivity index (χ3v) is 4.22. The van der Waals surface area contributed by atoms with Gasteiger partial charge in [-0.1, -0.05) is 0 Å². The average molecular weight is 256 g/mol. The van der Waals surface area contributed by atoms with Gasteiger partial charge in [-0.15, -0.1) is 0 Å². The van der Waals surface area contributed by atoms with Gasteiger partial charge in [0.05, 0.1) is 19.8 Å². The zero-order chi connectivity index (χ0) is 13.0. The first-order valence-electron chi connectivity index (χ1n) is 6.55. The zero-order valence-electron chi connectivity index (χ0n) is 10.4. The lowest BCUT2D eigenvalue weighted by Crippen LogP contribution is -2.28. The van der Waals surface area contributed by atoms with Crippen molar-refractivity contribution in [2.75, 3.05) is 26.4 Å². The first kappa shape index (κ1) is 13.5. The predicted octanol–water partition coefficient (Wildman–Crippen LogP) is 0.965. The lowest BCUT2D eigenvalue weighted by Gasteiger charge is -2.26. The van der Waals surface area contributed by atoms with Gasteiger partial charge >= 0.3 is 5.97 Å². The molecule has 0 aromatic rings. The molecule has 4 atom stereocenters. The van der Waals surface area contributed by atoms with Crippen molar-refractivity contribution in [1.29, 1.82) is 0 Å². The minimum Gasteiger partial charge on any atom is -0.480 e. The number of hydrogen-bond donors (Lipinski definition) is 1. The topological polar surface area (TPSA) is 72.8 Å². The molecule has 0 aromatic carbocycles. The van der Waals surface area contributed by atoms with E-state index in [-0.39, 0.29) is 12.5 Å². The van der Waals surface area contributed by atoms with Crippen LogP contribution in [0.2, 0.25) is 0 Å². The summed E-state index contributed by atoms with van der Waals surface area (Å²) in [7, 11) is 0. The maximum atomic E-state index is 11.1. The van der Waals surface area contributed by atoms with Crippen molar-refractivity contribution < 1.29 is 24.2 Å². The van der Waals surface area contributed by atoms with E-state index in [1.807, 2.05) is 0 Å². The number of carboxylic acids is 1. The highest BCUT2D eigenvalue weighted by Crippen LogP contribution is 2.51. The van der Waals surface area contributed by atoms with Gasteiger partial charge in [-0.05, 0) is 37.0 Å². The molecule has 1 N–H and O–H groups in total. The fourth-order valence-electron chi connectivity index (χ4n) is 3.41. The van der Waals surface area contributed by atoms with Crippen molar-refractivity contribution in [2.45, 2.75) is 19.3 Å². The minimum absolute atomic E-state index is 0.170. The van der Waals surface area contributed by atoms with E-state index in [1.165, 1.54) is 19.3 Å². The molecule has 2 aliphatic carbocycles. The van der Waals surface area contributed by atoms with Crippen LogP contribution < -0.4 is 0 Å². The largest absolute Gasteiger partial charge is 0.480 e. The maximum absolute atomic E-state index is 11.1.